The zero-order valence-electron chi connectivity index (χ0n) is 23.7. The summed E-state index contributed by atoms with van der Waals surface area (Å²) in [6.07, 6.45) is 4.51. The molecule has 7 heteroatoms. The van der Waals surface area contributed by atoms with Gasteiger partial charge in [-0.25, -0.2) is 0 Å². The number of allylic oxidation sites excluding steroid dienone is 1. The minimum Gasteiger partial charge on any atom is -0.390 e. The first-order chi connectivity index (χ1) is 16.9. The van der Waals surface area contributed by atoms with Crippen LogP contribution in [0.3, 0.4) is 0 Å². The topological polar surface area (TPSA) is 116 Å². The quantitative estimate of drug-likeness (QED) is 0.447. The van der Waals surface area contributed by atoms with E-state index in [-0.39, 0.29) is 36.1 Å². The summed E-state index contributed by atoms with van der Waals surface area (Å²) in [6, 6.07) is 0. The highest BCUT2D eigenvalue weighted by atomic mass is 16.8. The van der Waals surface area contributed by atoms with Gasteiger partial charge in [0, 0.05) is 11.3 Å². The molecule has 3 saturated carbocycles. The van der Waals surface area contributed by atoms with E-state index in [0.29, 0.717) is 25.7 Å². The minimum absolute atomic E-state index is 0.000157. The highest BCUT2D eigenvalue weighted by molar-refractivity contribution is 5.95. The van der Waals surface area contributed by atoms with Gasteiger partial charge in [-0.05, 0) is 115 Å². The first kappa shape index (κ1) is 27.7. The zero-order valence-corrected chi connectivity index (χ0v) is 23.7. The second-order valence-electron chi connectivity index (χ2n) is 14.7. The van der Waals surface area contributed by atoms with Crippen molar-refractivity contribution in [2.24, 2.45) is 28.6 Å². The molecule has 0 bridgehead atoms. The lowest BCUT2D eigenvalue weighted by molar-refractivity contribution is -0.191. The number of ether oxygens (including phenoxy) is 2. The maximum absolute atomic E-state index is 13.4. The molecule has 0 aromatic rings. The molecule has 0 aromatic carbocycles. The number of carbonyl (C=O) groups is 1. The third kappa shape index (κ3) is 4.02. The van der Waals surface area contributed by atoms with Crippen molar-refractivity contribution in [3.05, 3.63) is 11.6 Å². The standard InChI is InChI=1S/C30H48O7/c1-25(2,34)11-10-24-29(7,37-26(3,4)36-24)23-9-13-30(35)18-14-20(31)19-15-21(32)22(33)16-27(19,5)17(18)8-12-28(23,30)6/h14,17,19,21-24,32-35H,8-13,15-16H2,1-7H3/t17-,19-,21-,22+,23-,24-,27-,28-,29+,30-/m1/s1. The molecular formula is C30H48O7. The van der Waals surface area contributed by atoms with Crippen LogP contribution in [0.2, 0.25) is 0 Å². The third-order valence-corrected chi connectivity index (χ3v) is 11.4. The van der Waals surface area contributed by atoms with E-state index in [9.17, 15) is 25.2 Å². The molecule has 5 aliphatic rings. The van der Waals surface area contributed by atoms with E-state index in [1.165, 1.54) is 0 Å². The fourth-order valence-electron chi connectivity index (χ4n) is 9.49. The van der Waals surface area contributed by atoms with Crippen molar-refractivity contribution < 1.29 is 34.7 Å². The van der Waals surface area contributed by atoms with Crippen LogP contribution in [0.25, 0.3) is 0 Å². The van der Waals surface area contributed by atoms with Crippen LogP contribution < -0.4 is 0 Å². The van der Waals surface area contributed by atoms with Gasteiger partial charge in [0.05, 0.1) is 35.1 Å². The Bertz CT molecular complexity index is 983. The maximum atomic E-state index is 13.4. The van der Waals surface area contributed by atoms with Crippen LogP contribution in [0.5, 0.6) is 0 Å². The van der Waals surface area contributed by atoms with Gasteiger partial charge in [0.25, 0.3) is 0 Å². The van der Waals surface area contributed by atoms with Gasteiger partial charge >= 0.3 is 0 Å². The van der Waals surface area contributed by atoms with Crippen LogP contribution >= 0.6 is 0 Å². The van der Waals surface area contributed by atoms with Crippen LogP contribution in [0.1, 0.15) is 99.8 Å². The molecule has 4 fully saturated rings. The number of rotatable bonds is 4. The molecular weight excluding hydrogens is 472 g/mol. The van der Waals surface area contributed by atoms with E-state index in [0.717, 1.165) is 24.8 Å². The van der Waals surface area contributed by atoms with Crippen LogP contribution in [0.4, 0.5) is 0 Å². The molecule has 1 heterocycles. The van der Waals surface area contributed by atoms with Gasteiger partial charge in [-0.3, -0.25) is 4.79 Å². The number of aliphatic hydroxyl groups is 4. The van der Waals surface area contributed by atoms with Gasteiger partial charge < -0.3 is 29.9 Å². The lowest BCUT2D eigenvalue weighted by Crippen LogP contribution is -2.62. The van der Waals surface area contributed by atoms with Gasteiger partial charge in [0.2, 0.25) is 0 Å². The van der Waals surface area contributed by atoms with E-state index in [2.05, 4.69) is 20.8 Å². The maximum Gasteiger partial charge on any atom is 0.164 e. The molecule has 4 aliphatic carbocycles. The minimum atomic E-state index is -1.15. The first-order valence-electron chi connectivity index (χ1n) is 14.3. The van der Waals surface area contributed by atoms with Gasteiger partial charge in [-0.15, -0.1) is 0 Å². The van der Waals surface area contributed by atoms with E-state index in [4.69, 9.17) is 9.47 Å². The molecule has 0 aromatic heterocycles. The molecule has 0 amide bonds. The van der Waals surface area contributed by atoms with Crippen LogP contribution in [0.15, 0.2) is 11.6 Å². The summed E-state index contributed by atoms with van der Waals surface area (Å²) in [5.74, 6) is -1.14. The number of aliphatic hydroxyl groups excluding tert-OH is 2. The molecule has 1 aliphatic heterocycles. The van der Waals surface area contributed by atoms with Crippen LogP contribution in [0, 0.1) is 28.6 Å². The summed E-state index contributed by atoms with van der Waals surface area (Å²) in [5, 5.41) is 43.9. The average Bonchev–Trinajstić information content (AvgIpc) is 3.17. The summed E-state index contributed by atoms with van der Waals surface area (Å²) in [6.45, 7) is 13.8. The Morgan fingerprint density at radius 3 is 2.35 bits per heavy atom. The smallest absolute Gasteiger partial charge is 0.164 e. The predicted octanol–water partition coefficient (Wildman–Crippen LogP) is 3.65. The van der Waals surface area contributed by atoms with Crippen LogP contribution in [-0.2, 0) is 14.3 Å². The second kappa shape index (κ2) is 8.34. The monoisotopic (exact) mass is 520 g/mol. The summed E-state index contributed by atoms with van der Waals surface area (Å²) in [4.78, 5) is 13.4. The summed E-state index contributed by atoms with van der Waals surface area (Å²) < 4.78 is 13.1. The van der Waals surface area contributed by atoms with Crippen molar-refractivity contribution in [1.82, 2.24) is 0 Å². The summed E-state index contributed by atoms with van der Waals surface area (Å²) >= 11 is 0. The van der Waals surface area contributed by atoms with E-state index >= 15 is 0 Å². The van der Waals surface area contributed by atoms with Crippen molar-refractivity contribution in [3.63, 3.8) is 0 Å². The van der Waals surface area contributed by atoms with Gasteiger partial charge in [-0.1, -0.05) is 13.8 Å². The average molecular weight is 521 g/mol. The number of hydrogen-bond acceptors (Lipinski definition) is 7. The van der Waals surface area contributed by atoms with Gasteiger partial charge in [0.1, 0.15) is 0 Å². The fraction of sp³-hybridized carbons (Fsp3) is 0.900. The molecule has 1 saturated heterocycles. The van der Waals surface area contributed by atoms with Gasteiger partial charge in [0.15, 0.2) is 11.6 Å². The van der Waals surface area contributed by atoms with E-state index in [1.54, 1.807) is 6.08 Å². The van der Waals surface area contributed by atoms with Crippen molar-refractivity contribution in [2.75, 3.05) is 0 Å². The molecule has 0 radical (unpaired) electrons. The Morgan fingerprint density at radius 1 is 1.03 bits per heavy atom. The van der Waals surface area contributed by atoms with Gasteiger partial charge in [-0.2, -0.15) is 0 Å². The molecule has 0 spiro atoms. The Hall–Kier alpha value is -0.830. The number of fused-ring (bicyclic) bond motifs is 5. The molecule has 210 valence electrons. The summed E-state index contributed by atoms with van der Waals surface area (Å²) in [5.41, 5.74) is -2.79. The van der Waals surface area contributed by atoms with E-state index < -0.39 is 45.6 Å². The number of ketones is 1. The molecule has 5 rings (SSSR count). The van der Waals surface area contributed by atoms with E-state index in [1.807, 2.05) is 27.7 Å². The van der Waals surface area contributed by atoms with Crippen molar-refractivity contribution in [3.8, 4) is 0 Å². The lowest BCUT2D eigenvalue weighted by Gasteiger charge is -2.60. The Labute approximate surface area is 221 Å². The Kier molecular flexibility index (Phi) is 6.25. The third-order valence-electron chi connectivity index (χ3n) is 11.4. The first-order valence-corrected chi connectivity index (χ1v) is 14.3. The highest BCUT2D eigenvalue weighted by Crippen LogP contribution is 2.69. The number of carbonyl (C=O) groups excluding carboxylic acids is 1. The van der Waals surface area contributed by atoms with Crippen molar-refractivity contribution in [2.45, 2.75) is 141 Å². The zero-order chi connectivity index (χ0) is 27.4. The highest BCUT2D eigenvalue weighted by Gasteiger charge is 2.71. The van der Waals surface area contributed by atoms with Crippen LogP contribution in [-0.4, -0.2) is 67.1 Å². The lowest BCUT2D eigenvalue weighted by atomic mass is 9.45. The normalized spacial score (nSPS) is 51.3. The molecule has 4 N–H and O–H groups in total. The van der Waals surface area contributed by atoms with Crippen molar-refractivity contribution in [1.29, 1.82) is 0 Å². The molecule has 10 atom stereocenters. The summed E-state index contributed by atoms with van der Waals surface area (Å²) in [7, 11) is 0. The molecule has 0 unspecified atom stereocenters. The predicted molar refractivity (Wildman–Crippen MR) is 138 cm³/mol. The molecule has 7 nitrogen and oxygen atoms in total. The Balaban J connectivity index is 1.51. The second-order valence-corrected chi connectivity index (χ2v) is 14.7. The Morgan fingerprint density at radius 2 is 1.70 bits per heavy atom. The largest absolute Gasteiger partial charge is 0.390 e. The SMILES string of the molecule is CC(C)(O)CC[C@H]1OC(C)(C)O[C@@]1(C)[C@@H]1CC[C@@]2(O)C3=CC(=O)[C@H]4C[C@@H](O)[C@@H](O)C[C@]4(C)[C@@H]3CC[C@]12C. The van der Waals surface area contributed by atoms with Crippen molar-refractivity contribution >= 4 is 5.78 Å². The fourth-order valence-corrected chi connectivity index (χ4v) is 9.49. The number of hydrogen-bond donors (Lipinski definition) is 4. The molecule has 37 heavy (non-hydrogen) atoms.